The van der Waals surface area contributed by atoms with Crippen LogP contribution in [0.4, 0.5) is 0 Å². The molecule has 0 radical (unpaired) electrons. The molecule has 0 amide bonds. The van der Waals surface area contributed by atoms with E-state index < -0.39 is 0 Å². The molecule has 2 nitrogen and oxygen atoms in total. The van der Waals surface area contributed by atoms with E-state index in [1.165, 1.54) is 25.8 Å². The Kier molecular flexibility index (Phi) is 4.32. The Morgan fingerprint density at radius 1 is 1.28 bits per heavy atom. The zero-order chi connectivity index (χ0) is 13.5. The van der Waals surface area contributed by atoms with Crippen molar-refractivity contribution < 1.29 is 10.8 Å². The Bertz CT molecular complexity index is 394. The molecule has 1 fully saturated rings. The van der Waals surface area contributed by atoms with Crippen molar-refractivity contribution in [2.45, 2.75) is 51.4 Å². The number of ether oxygens (including phenoxy) is 2. The van der Waals surface area contributed by atoms with E-state index in [1.54, 1.807) is 6.08 Å². The second kappa shape index (κ2) is 6.60. The van der Waals surface area contributed by atoms with Crippen LogP contribution in [0.5, 0.6) is 5.75 Å². The summed E-state index contributed by atoms with van der Waals surface area (Å²) in [5.74, 6) is 0.811. The summed E-state index contributed by atoms with van der Waals surface area (Å²) in [6.07, 6.45) is 8.07. The first kappa shape index (κ1) is 11.8. The predicted molar refractivity (Wildman–Crippen MR) is 74.6 cm³/mol. The fourth-order valence-corrected chi connectivity index (χ4v) is 2.35. The number of hydrogen-bond donors (Lipinski definition) is 0. The average molecular weight is 247 g/mol. The van der Waals surface area contributed by atoms with Crippen LogP contribution < -0.4 is 4.74 Å². The van der Waals surface area contributed by atoms with Crippen molar-refractivity contribution in [1.82, 2.24) is 0 Å². The Hall–Kier alpha value is -1.28. The Morgan fingerprint density at radius 2 is 2.00 bits per heavy atom. The second-order valence-corrected chi connectivity index (χ2v) is 4.82. The molecule has 2 rings (SSSR count). The highest BCUT2D eigenvalue weighted by Crippen LogP contribution is 2.22. The summed E-state index contributed by atoms with van der Waals surface area (Å²) in [5.41, 5.74) is 1.00. The molecule has 1 saturated carbocycles. The van der Waals surface area contributed by atoms with Gasteiger partial charge in [-0.05, 0) is 37.5 Å². The molecular formula is C16H22O2. The van der Waals surface area contributed by atoms with Crippen LogP contribution in [0.2, 0.25) is 0 Å². The van der Waals surface area contributed by atoms with Gasteiger partial charge in [0.2, 0.25) is 0 Å². The van der Waals surface area contributed by atoms with Gasteiger partial charge in [0.1, 0.15) is 5.75 Å². The summed E-state index contributed by atoms with van der Waals surface area (Å²) in [6.45, 7) is 3.23. The maximum absolute atomic E-state index is 7.02. The smallest absolute Gasteiger partial charge is 0.197 e. The molecule has 18 heavy (non-hydrogen) atoms. The minimum absolute atomic E-state index is 0.208. The fourth-order valence-electron chi connectivity index (χ4n) is 2.35. The van der Waals surface area contributed by atoms with Gasteiger partial charge in [0, 0.05) is 0 Å². The van der Waals surface area contributed by atoms with Gasteiger partial charge in [0.25, 0.3) is 0 Å². The van der Waals surface area contributed by atoms with Gasteiger partial charge in [-0.25, -0.2) is 0 Å². The molecule has 1 aromatic rings. The van der Waals surface area contributed by atoms with Gasteiger partial charge in [-0.2, -0.15) is 0 Å². The van der Waals surface area contributed by atoms with E-state index in [-0.39, 0.29) is 6.29 Å². The van der Waals surface area contributed by atoms with Gasteiger partial charge < -0.3 is 9.47 Å². The molecule has 0 N–H and O–H groups in total. The van der Waals surface area contributed by atoms with E-state index in [0.29, 0.717) is 6.10 Å². The van der Waals surface area contributed by atoms with Crippen molar-refractivity contribution in [1.29, 1.82) is 0 Å². The zero-order valence-electron chi connectivity index (χ0n) is 12.0. The van der Waals surface area contributed by atoms with E-state index >= 15 is 0 Å². The molecule has 1 unspecified atom stereocenters. The van der Waals surface area contributed by atoms with E-state index in [0.717, 1.165) is 24.2 Å². The van der Waals surface area contributed by atoms with Crippen LogP contribution in [0.15, 0.2) is 30.8 Å². The first-order valence-electron chi connectivity index (χ1n) is 7.33. The molecular weight excluding hydrogens is 224 g/mol. The van der Waals surface area contributed by atoms with Crippen LogP contribution >= 0.6 is 0 Å². The summed E-state index contributed by atoms with van der Waals surface area (Å²) in [6, 6.07) is 7.70. The van der Waals surface area contributed by atoms with Crippen molar-refractivity contribution in [3.05, 3.63) is 36.4 Å². The third-order valence-electron chi connectivity index (χ3n) is 3.31. The summed E-state index contributed by atoms with van der Waals surface area (Å²) in [5, 5.41) is 0. The molecule has 2 heteroatoms. The summed E-state index contributed by atoms with van der Waals surface area (Å²) < 4.78 is 18.7. The fraction of sp³-hybridized carbons (Fsp3) is 0.500. The number of benzene rings is 1. The maximum atomic E-state index is 7.02. The van der Waals surface area contributed by atoms with Gasteiger partial charge in [-0.1, -0.05) is 44.0 Å². The highest BCUT2D eigenvalue weighted by molar-refractivity contribution is 5.48. The molecule has 1 aliphatic rings. The Labute approximate surface area is 111 Å². The number of rotatable bonds is 5. The molecule has 1 aromatic carbocycles. The van der Waals surface area contributed by atoms with Crippen LogP contribution in [-0.2, 0) is 4.74 Å². The highest BCUT2D eigenvalue weighted by Gasteiger charge is 2.17. The molecule has 1 aliphatic carbocycles. The van der Waals surface area contributed by atoms with E-state index in [2.05, 4.69) is 0 Å². The second-order valence-electron chi connectivity index (χ2n) is 4.82. The van der Waals surface area contributed by atoms with E-state index in [9.17, 15) is 0 Å². The topological polar surface area (TPSA) is 18.5 Å². The average Bonchev–Trinajstić information content (AvgIpc) is 2.42. The third-order valence-corrected chi connectivity index (χ3v) is 3.31. The molecule has 0 aliphatic heterocycles. The number of hydrogen-bond acceptors (Lipinski definition) is 2. The van der Waals surface area contributed by atoms with Gasteiger partial charge in [0.15, 0.2) is 6.29 Å². The minimum Gasteiger partial charge on any atom is -0.465 e. The van der Waals surface area contributed by atoms with Crippen molar-refractivity contribution in [2.24, 2.45) is 0 Å². The van der Waals surface area contributed by atoms with Crippen LogP contribution in [0.25, 0.3) is 6.08 Å². The normalized spacial score (nSPS) is 19.7. The largest absolute Gasteiger partial charge is 0.465 e. The van der Waals surface area contributed by atoms with Gasteiger partial charge in [-0.15, -0.1) is 0 Å². The predicted octanol–water partition coefficient (Wildman–Crippen LogP) is 4.40. The van der Waals surface area contributed by atoms with Gasteiger partial charge in [-0.3, -0.25) is 0 Å². The molecule has 98 valence electrons. The van der Waals surface area contributed by atoms with Gasteiger partial charge >= 0.3 is 0 Å². The summed E-state index contributed by atoms with van der Waals surface area (Å²) >= 11 is 0. The monoisotopic (exact) mass is 247 g/mol. The molecule has 0 bridgehead atoms. The molecule has 0 heterocycles. The van der Waals surface area contributed by atoms with Gasteiger partial charge in [0.05, 0.1) is 7.47 Å². The molecule has 1 atom stereocenters. The van der Waals surface area contributed by atoms with Crippen LogP contribution in [0.1, 0.15) is 46.0 Å². The summed E-state index contributed by atoms with van der Waals surface area (Å²) in [7, 11) is 0. The standard InChI is InChI=1S/C16H22O2/c1-3-14-9-11-16(12-10-14)18-13(2)17-15-7-5-4-6-8-15/h3,9-13,15H,1,4-8H2,2H3/i1D/b3-1+. The molecule has 0 aromatic heterocycles. The lowest BCUT2D eigenvalue weighted by Crippen LogP contribution is -2.26. The van der Waals surface area contributed by atoms with Crippen LogP contribution in [0.3, 0.4) is 0 Å². The zero-order valence-corrected chi connectivity index (χ0v) is 11.0. The Balaban J connectivity index is 1.82. The van der Waals surface area contributed by atoms with E-state index in [4.69, 9.17) is 10.8 Å². The van der Waals surface area contributed by atoms with Crippen LogP contribution in [0, 0.1) is 0 Å². The van der Waals surface area contributed by atoms with Crippen LogP contribution in [-0.4, -0.2) is 12.4 Å². The molecule has 0 saturated heterocycles. The lowest BCUT2D eigenvalue weighted by molar-refractivity contribution is -0.116. The first-order chi connectivity index (χ1) is 9.28. The summed E-state index contributed by atoms with van der Waals surface area (Å²) in [4.78, 5) is 0. The molecule has 0 spiro atoms. The minimum atomic E-state index is -0.208. The SMILES string of the molecule is [2H]/C=C/c1ccc(OC(C)OC2CCCCC2)cc1. The van der Waals surface area contributed by atoms with Crippen molar-refractivity contribution in [3.8, 4) is 5.75 Å². The quantitative estimate of drug-likeness (QED) is 0.718. The van der Waals surface area contributed by atoms with Crippen molar-refractivity contribution >= 4 is 6.08 Å². The first-order valence-corrected chi connectivity index (χ1v) is 6.75. The van der Waals surface area contributed by atoms with Crippen molar-refractivity contribution in [3.63, 3.8) is 0 Å². The van der Waals surface area contributed by atoms with Crippen molar-refractivity contribution in [2.75, 3.05) is 0 Å². The lowest BCUT2D eigenvalue weighted by atomic mass is 9.98. The van der Waals surface area contributed by atoms with E-state index in [1.807, 2.05) is 31.2 Å². The lowest BCUT2D eigenvalue weighted by Gasteiger charge is -2.26. The highest BCUT2D eigenvalue weighted by atomic mass is 16.7. The maximum Gasteiger partial charge on any atom is 0.197 e. The Morgan fingerprint density at radius 3 is 2.67 bits per heavy atom. The third kappa shape index (κ3) is 3.88.